The van der Waals surface area contributed by atoms with Crippen LogP contribution in [0.3, 0.4) is 0 Å². The molecule has 0 saturated carbocycles. The van der Waals surface area contributed by atoms with E-state index in [1.807, 2.05) is 0 Å². The third-order valence-electron chi connectivity index (χ3n) is 2.87. The molecule has 8 nitrogen and oxygen atoms in total. The Morgan fingerprint density at radius 3 is 2.37 bits per heavy atom. The van der Waals surface area contributed by atoms with Crippen molar-refractivity contribution in [3.05, 3.63) is 29.3 Å². The molecule has 0 aromatic carbocycles. The van der Waals surface area contributed by atoms with Gasteiger partial charge in [-0.2, -0.15) is 10.2 Å². The van der Waals surface area contributed by atoms with Gasteiger partial charge in [-0.05, 0) is 6.92 Å². The lowest BCUT2D eigenvalue weighted by atomic mass is 10.2. The molecule has 0 saturated heterocycles. The van der Waals surface area contributed by atoms with Crippen molar-refractivity contribution in [1.29, 1.82) is 0 Å². The van der Waals surface area contributed by atoms with E-state index in [1.165, 1.54) is 19.4 Å². The zero-order valence-corrected chi connectivity index (χ0v) is 10.7. The van der Waals surface area contributed by atoms with E-state index < -0.39 is 11.9 Å². The minimum Gasteiger partial charge on any atom is -0.477 e. The van der Waals surface area contributed by atoms with Crippen LogP contribution in [0.4, 0.5) is 5.69 Å². The predicted molar refractivity (Wildman–Crippen MR) is 66.1 cm³/mol. The van der Waals surface area contributed by atoms with Gasteiger partial charge in [0.25, 0.3) is 5.91 Å². The van der Waals surface area contributed by atoms with E-state index in [9.17, 15) is 9.59 Å². The molecular formula is C11H13N5O3. The van der Waals surface area contributed by atoms with Crippen LogP contribution in [0.25, 0.3) is 0 Å². The molecule has 0 bridgehead atoms. The summed E-state index contributed by atoms with van der Waals surface area (Å²) in [6, 6.07) is 0. The molecule has 2 N–H and O–H groups in total. The molecule has 0 aliphatic carbocycles. The largest absolute Gasteiger partial charge is 0.477 e. The van der Waals surface area contributed by atoms with Gasteiger partial charge in [-0.15, -0.1) is 0 Å². The number of hydrogen-bond donors (Lipinski definition) is 2. The highest BCUT2D eigenvalue weighted by molar-refractivity contribution is 6.10. The Labute approximate surface area is 108 Å². The van der Waals surface area contributed by atoms with E-state index in [0.717, 1.165) is 10.4 Å². The summed E-state index contributed by atoms with van der Waals surface area (Å²) in [5, 5.41) is 19.4. The highest BCUT2D eigenvalue weighted by Gasteiger charge is 2.22. The molecule has 0 fully saturated rings. The number of nitrogens with zero attached hydrogens (tertiary/aromatic N) is 4. The van der Waals surface area contributed by atoms with Crippen LogP contribution in [0.15, 0.2) is 12.4 Å². The quantitative estimate of drug-likeness (QED) is 0.835. The van der Waals surface area contributed by atoms with Gasteiger partial charge in [-0.1, -0.05) is 0 Å². The number of nitrogens with one attached hydrogen (secondary N) is 1. The topological polar surface area (TPSA) is 102 Å². The maximum absolute atomic E-state index is 12.0. The molecule has 0 aliphatic heterocycles. The van der Waals surface area contributed by atoms with E-state index >= 15 is 0 Å². The highest BCUT2D eigenvalue weighted by atomic mass is 16.4. The van der Waals surface area contributed by atoms with Crippen LogP contribution in [0.1, 0.15) is 26.5 Å². The van der Waals surface area contributed by atoms with Gasteiger partial charge in [0.15, 0.2) is 5.69 Å². The standard InChI is InChI=1S/C11H13N5O3/c1-6-8(5-13-15(6)2)14-10(17)7-4-12-16(3)9(7)11(18)19/h4-5H,1-3H3,(H,14,17)(H,18,19). The first kappa shape index (κ1) is 12.8. The molecule has 2 heterocycles. The van der Waals surface area contributed by atoms with Crippen molar-refractivity contribution in [1.82, 2.24) is 19.6 Å². The fourth-order valence-corrected chi connectivity index (χ4v) is 1.67. The molecule has 2 rings (SSSR count). The maximum atomic E-state index is 12.0. The van der Waals surface area contributed by atoms with Gasteiger partial charge in [0.05, 0.1) is 29.3 Å². The summed E-state index contributed by atoms with van der Waals surface area (Å²) in [7, 11) is 3.22. The molecule has 0 atom stereocenters. The Kier molecular flexibility index (Phi) is 3.07. The first-order valence-corrected chi connectivity index (χ1v) is 5.47. The molecule has 19 heavy (non-hydrogen) atoms. The fraction of sp³-hybridized carbons (Fsp3) is 0.273. The molecule has 0 radical (unpaired) electrons. The third-order valence-corrected chi connectivity index (χ3v) is 2.87. The Balaban J connectivity index is 2.31. The van der Waals surface area contributed by atoms with Crippen LogP contribution in [-0.4, -0.2) is 36.5 Å². The van der Waals surface area contributed by atoms with Crippen molar-refractivity contribution in [3.63, 3.8) is 0 Å². The lowest BCUT2D eigenvalue weighted by molar-refractivity contribution is 0.0680. The highest BCUT2D eigenvalue weighted by Crippen LogP contribution is 2.15. The summed E-state index contributed by atoms with van der Waals surface area (Å²) in [5.41, 5.74) is 1.17. The van der Waals surface area contributed by atoms with Gasteiger partial charge in [0, 0.05) is 14.1 Å². The second-order valence-electron chi connectivity index (χ2n) is 4.06. The number of rotatable bonds is 3. The first-order valence-electron chi connectivity index (χ1n) is 5.47. The molecule has 0 unspecified atom stereocenters. The summed E-state index contributed by atoms with van der Waals surface area (Å²) in [4.78, 5) is 23.1. The Morgan fingerprint density at radius 1 is 1.21 bits per heavy atom. The Hall–Kier alpha value is -2.64. The Bertz CT molecular complexity index is 655. The minimum atomic E-state index is -1.20. The van der Waals surface area contributed by atoms with Crippen LogP contribution in [-0.2, 0) is 14.1 Å². The lowest BCUT2D eigenvalue weighted by Gasteiger charge is -2.04. The van der Waals surface area contributed by atoms with Crippen molar-refractivity contribution >= 4 is 17.6 Å². The van der Waals surface area contributed by atoms with Crippen molar-refractivity contribution in [2.75, 3.05) is 5.32 Å². The van der Waals surface area contributed by atoms with Gasteiger partial charge >= 0.3 is 5.97 Å². The van der Waals surface area contributed by atoms with Crippen LogP contribution < -0.4 is 5.32 Å². The molecule has 2 aromatic heterocycles. The molecule has 8 heteroatoms. The van der Waals surface area contributed by atoms with Crippen molar-refractivity contribution in [2.45, 2.75) is 6.92 Å². The number of aryl methyl sites for hydroxylation is 2. The summed E-state index contributed by atoms with van der Waals surface area (Å²) in [5.74, 6) is -1.73. The zero-order valence-electron chi connectivity index (χ0n) is 10.7. The number of amides is 1. The third kappa shape index (κ3) is 2.19. The first-order chi connectivity index (χ1) is 8.91. The monoisotopic (exact) mass is 263 g/mol. The normalized spacial score (nSPS) is 10.5. The van der Waals surface area contributed by atoms with Crippen LogP contribution >= 0.6 is 0 Å². The van der Waals surface area contributed by atoms with Crippen molar-refractivity contribution in [3.8, 4) is 0 Å². The van der Waals surface area contributed by atoms with E-state index in [2.05, 4.69) is 15.5 Å². The second-order valence-corrected chi connectivity index (χ2v) is 4.06. The second kappa shape index (κ2) is 4.56. The Morgan fingerprint density at radius 2 is 1.84 bits per heavy atom. The lowest BCUT2D eigenvalue weighted by Crippen LogP contribution is -2.17. The molecule has 0 spiro atoms. The number of carboxylic acid groups (broad SMARTS) is 1. The average molecular weight is 263 g/mol. The van der Waals surface area contributed by atoms with E-state index in [4.69, 9.17) is 5.11 Å². The summed E-state index contributed by atoms with van der Waals surface area (Å²) in [6.45, 7) is 1.80. The van der Waals surface area contributed by atoms with E-state index in [0.29, 0.717) is 5.69 Å². The predicted octanol–water partition coefficient (Wildman–Crippen LogP) is 0.413. The zero-order chi connectivity index (χ0) is 14.2. The van der Waals surface area contributed by atoms with Gasteiger partial charge in [-0.25, -0.2) is 4.79 Å². The number of carboxylic acids is 1. The van der Waals surface area contributed by atoms with Gasteiger partial charge in [0.2, 0.25) is 0 Å². The molecular weight excluding hydrogens is 250 g/mol. The minimum absolute atomic E-state index is 0.0123. The van der Waals surface area contributed by atoms with Crippen molar-refractivity contribution < 1.29 is 14.7 Å². The van der Waals surface area contributed by atoms with Crippen LogP contribution in [0.5, 0.6) is 0 Å². The van der Waals surface area contributed by atoms with Gasteiger partial charge in [0.1, 0.15) is 0 Å². The summed E-state index contributed by atoms with van der Waals surface area (Å²) >= 11 is 0. The van der Waals surface area contributed by atoms with E-state index in [1.54, 1.807) is 18.7 Å². The number of aromatic nitrogens is 4. The summed E-state index contributed by atoms with van der Waals surface area (Å²) in [6.07, 6.45) is 2.73. The fourth-order valence-electron chi connectivity index (χ4n) is 1.67. The van der Waals surface area contributed by atoms with Crippen LogP contribution in [0.2, 0.25) is 0 Å². The number of carbonyl (C=O) groups is 2. The van der Waals surface area contributed by atoms with Gasteiger partial charge < -0.3 is 10.4 Å². The molecule has 2 aromatic rings. The number of anilines is 1. The van der Waals surface area contributed by atoms with E-state index in [-0.39, 0.29) is 11.3 Å². The van der Waals surface area contributed by atoms with Crippen LogP contribution in [0, 0.1) is 6.92 Å². The number of aromatic carboxylic acids is 1. The van der Waals surface area contributed by atoms with Crippen molar-refractivity contribution in [2.24, 2.45) is 14.1 Å². The molecule has 1 amide bonds. The summed E-state index contributed by atoms with van der Waals surface area (Å²) < 4.78 is 2.75. The number of carbonyl (C=O) groups excluding carboxylic acids is 1. The smallest absolute Gasteiger partial charge is 0.354 e. The number of hydrogen-bond acceptors (Lipinski definition) is 4. The van der Waals surface area contributed by atoms with Gasteiger partial charge in [-0.3, -0.25) is 14.2 Å². The SMILES string of the molecule is Cc1c(NC(=O)c2cnn(C)c2C(=O)O)cnn1C. The maximum Gasteiger partial charge on any atom is 0.354 e. The molecule has 100 valence electrons. The molecule has 0 aliphatic rings. The average Bonchev–Trinajstić information content (AvgIpc) is 2.87.